The van der Waals surface area contributed by atoms with Crippen LogP contribution in [0.15, 0.2) is 0 Å². The molecule has 0 bridgehead atoms. The number of aliphatic hydroxyl groups is 2. The third-order valence-electron chi connectivity index (χ3n) is 4.52. The van der Waals surface area contributed by atoms with Gasteiger partial charge in [-0.3, -0.25) is 0 Å². The minimum Gasteiger partial charge on any atom is -0.391 e. The molecule has 3 radical (unpaired) electrons. The average Bonchev–Trinajstić information content (AvgIpc) is 2.69. The van der Waals surface area contributed by atoms with E-state index in [1.54, 1.807) is 0 Å². The number of nitrogens with zero attached hydrogens (tertiary/aromatic N) is 1. The Hall–Kier alpha value is 0.00987. The van der Waals surface area contributed by atoms with E-state index in [0.717, 1.165) is 13.0 Å². The molecule has 3 aliphatic rings. The zero-order chi connectivity index (χ0) is 10.1. The minimum absolute atomic E-state index is 0.119. The fraction of sp³-hybridized carbons (Fsp3) is 1.00. The van der Waals surface area contributed by atoms with Crippen LogP contribution in [-0.4, -0.2) is 61.5 Å². The molecule has 1 saturated carbocycles. The molecule has 73 valence electrons. The van der Waals surface area contributed by atoms with Crippen LogP contribution in [0, 0.1) is 5.92 Å². The maximum Gasteiger partial charge on any atom is 0.138 e. The Morgan fingerprint density at radius 1 is 1.50 bits per heavy atom. The fourth-order valence-corrected chi connectivity index (χ4v) is 3.66. The highest BCUT2D eigenvalue weighted by Gasteiger charge is 2.76. The van der Waals surface area contributed by atoms with Crippen LogP contribution in [0.1, 0.15) is 12.8 Å². The van der Waals surface area contributed by atoms with Gasteiger partial charge < -0.3 is 15.1 Å². The van der Waals surface area contributed by atoms with E-state index in [4.69, 9.17) is 7.85 Å². The van der Waals surface area contributed by atoms with Gasteiger partial charge >= 0.3 is 0 Å². The molecule has 0 aromatic heterocycles. The number of aliphatic hydroxyl groups excluding tert-OH is 2. The van der Waals surface area contributed by atoms with Crippen LogP contribution in [-0.2, 0) is 0 Å². The van der Waals surface area contributed by atoms with Crippen molar-refractivity contribution in [3.8, 4) is 0 Å². The van der Waals surface area contributed by atoms with E-state index in [2.05, 4.69) is 11.9 Å². The molecule has 2 N–H and O–H groups in total. The smallest absolute Gasteiger partial charge is 0.138 e. The summed E-state index contributed by atoms with van der Waals surface area (Å²) in [6.07, 6.45) is 0.319. The molecule has 2 saturated heterocycles. The molecule has 3 fully saturated rings. The minimum atomic E-state index is -0.792. The van der Waals surface area contributed by atoms with Gasteiger partial charge in [0.1, 0.15) is 7.28 Å². The van der Waals surface area contributed by atoms with E-state index < -0.39 is 17.4 Å². The van der Waals surface area contributed by atoms with Crippen molar-refractivity contribution in [3.05, 3.63) is 0 Å². The van der Waals surface area contributed by atoms with E-state index in [9.17, 15) is 10.2 Å². The Morgan fingerprint density at radius 3 is 2.93 bits per heavy atom. The van der Waals surface area contributed by atoms with Gasteiger partial charge in [-0.2, -0.15) is 0 Å². The summed E-state index contributed by atoms with van der Waals surface area (Å²) >= 11 is 0. The molecule has 14 heavy (non-hydrogen) atoms. The standard InChI is InChI=1S/C9H14B2NO2/c1-12-3-2-5-4-6(13)7(14)8(10)9(5,12)11-8/h5-7,13-14H,2-4H2,1H3/t5?,6?,7?,8?,9-/m1/s1. The fourth-order valence-electron chi connectivity index (χ4n) is 3.66. The normalized spacial score (nSPS) is 61.5. The van der Waals surface area contributed by atoms with Crippen LogP contribution in [0.3, 0.4) is 0 Å². The van der Waals surface area contributed by atoms with Crippen LogP contribution in [0.5, 0.6) is 0 Å². The van der Waals surface area contributed by atoms with Crippen molar-refractivity contribution in [2.45, 2.75) is 35.7 Å². The third-order valence-corrected chi connectivity index (χ3v) is 4.52. The predicted molar refractivity (Wildman–Crippen MR) is 54.3 cm³/mol. The van der Waals surface area contributed by atoms with Crippen molar-refractivity contribution < 1.29 is 10.2 Å². The first kappa shape index (κ1) is 9.25. The van der Waals surface area contributed by atoms with Gasteiger partial charge in [0.15, 0.2) is 0 Å². The first-order chi connectivity index (χ1) is 6.52. The van der Waals surface area contributed by atoms with E-state index in [1.165, 1.54) is 0 Å². The van der Waals surface area contributed by atoms with Crippen molar-refractivity contribution >= 4 is 15.1 Å². The maximum absolute atomic E-state index is 9.87. The lowest BCUT2D eigenvalue weighted by Crippen LogP contribution is -2.49. The molecule has 2 aliphatic heterocycles. The summed E-state index contributed by atoms with van der Waals surface area (Å²) < 4.78 is 0. The van der Waals surface area contributed by atoms with E-state index in [1.807, 2.05) is 7.28 Å². The number of hydrogen-bond donors (Lipinski definition) is 2. The third kappa shape index (κ3) is 0.752. The molecule has 2 heterocycles. The lowest BCUT2D eigenvalue weighted by Gasteiger charge is -2.42. The summed E-state index contributed by atoms with van der Waals surface area (Å²) in [7, 11) is 10.2. The molecule has 0 aromatic rings. The Morgan fingerprint density at radius 2 is 2.21 bits per heavy atom. The second kappa shape index (κ2) is 2.39. The summed E-state index contributed by atoms with van der Waals surface area (Å²) in [6, 6.07) is 0. The molecule has 3 nitrogen and oxygen atoms in total. The zero-order valence-electron chi connectivity index (χ0n) is 8.35. The van der Waals surface area contributed by atoms with E-state index in [-0.39, 0.29) is 5.44 Å². The van der Waals surface area contributed by atoms with E-state index >= 15 is 0 Å². The Kier molecular flexibility index (Phi) is 1.58. The quantitative estimate of drug-likeness (QED) is 0.469. The highest BCUT2D eigenvalue weighted by Crippen LogP contribution is 2.68. The van der Waals surface area contributed by atoms with Crippen molar-refractivity contribution in [1.29, 1.82) is 0 Å². The highest BCUT2D eigenvalue weighted by atomic mass is 16.3. The van der Waals surface area contributed by atoms with Crippen LogP contribution in [0.25, 0.3) is 0 Å². The molecule has 5 atom stereocenters. The second-order valence-electron chi connectivity index (χ2n) is 5.06. The summed E-state index contributed by atoms with van der Waals surface area (Å²) in [4.78, 5) is 2.23. The molecule has 0 aromatic carbocycles. The van der Waals surface area contributed by atoms with Crippen LogP contribution in [0.4, 0.5) is 0 Å². The van der Waals surface area contributed by atoms with Crippen molar-refractivity contribution in [2.75, 3.05) is 13.6 Å². The second-order valence-corrected chi connectivity index (χ2v) is 5.06. The molecule has 4 unspecified atom stereocenters. The Labute approximate surface area is 86.1 Å². The lowest BCUT2D eigenvalue weighted by atomic mass is 9.62. The molecule has 3 rings (SSSR count). The molecular formula is C9H14B2NO2. The molecule has 1 spiro atoms. The summed E-state index contributed by atoms with van der Waals surface area (Å²) in [5.41, 5.74) is -0.119. The largest absolute Gasteiger partial charge is 0.391 e. The van der Waals surface area contributed by atoms with Gasteiger partial charge in [-0.25, -0.2) is 0 Å². The molecule has 0 amide bonds. The van der Waals surface area contributed by atoms with Crippen molar-refractivity contribution in [2.24, 2.45) is 5.92 Å². The number of rotatable bonds is 0. The first-order valence-electron chi connectivity index (χ1n) is 5.25. The van der Waals surface area contributed by atoms with Crippen molar-refractivity contribution in [1.82, 2.24) is 4.90 Å². The Bertz CT molecular complexity index is 290. The van der Waals surface area contributed by atoms with Gasteiger partial charge in [-0.15, -0.1) is 0 Å². The number of likely N-dealkylation sites (tertiary alicyclic amines) is 1. The molecule has 5 heteroatoms. The molecular weight excluding hydrogens is 176 g/mol. The summed E-state index contributed by atoms with van der Waals surface area (Å²) in [5.74, 6) is 0.427. The average molecular weight is 190 g/mol. The van der Waals surface area contributed by atoms with Gasteiger partial charge in [0.25, 0.3) is 0 Å². The van der Waals surface area contributed by atoms with Gasteiger partial charge in [0.05, 0.1) is 20.1 Å². The Balaban J connectivity index is 1.99. The summed E-state index contributed by atoms with van der Waals surface area (Å²) in [6.45, 7) is 1.01. The topological polar surface area (TPSA) is 43.7 Å². The SMILES string of the molecule is [B]C12[B][C@@]13C(CCN3C)CC(O)C2O. The molecule has 1 aliphatic carbocycles. The van der Waals surface area contributed by atoms with Gasteiger partial charge in [-0.05, 0) is 37.8 Å². The van der Waals surface area contributed by atoms with Gasteiger partial charge in [0, 0.05) is 0 Å². The maximum atomic E-state index is 9.87. The van der Waals surface area contributed by atoms with Crippen molar-refractivity contribution in [3.63, 3.8) is 0 Å². The van der Waals surface area contributed by atoms with E-state index in [0.29, 0.717) is 12.3 Å². The zero-order valence-corrected chi connectivity index (χ0v) is 8.35. The van der Waals surface area contributed by atoms with Crippen LogP contribution < -0.4 is 0 Å². The van der Waals surface area contributed by atoms with Crippen LogP contribution in [0.2, 0.25) is 5.21 Å². The first-order valence-corrected chi connectivity index (χ1v) is 5.25. The van der Waals surface area contributed by atoms with Gasteiger partial charge in [-0.1, -0.05) is 5.21 Å². The summed E-state index contributed by atoms with van der Waals surface area (Å²) in [5, 5.41) is 18.9. The van der Waals surface area contributed by atoms with Crippen LogP contribution >= 0.6 is 0 Å². The monoisotopic (exact) mass is 190 g/mol. The highest BCUT2D eigenvalue weighted by molar-refractivity contribution is 6.73. The lowest BCUT2D eigenvalue weighted by molar-refractivity contribution is -0.0402. The van der Waals surface area contributed by atoms with Gasteiger partial charge in [0.2, 0.25) is 0 Å². The predicted octanol–water partition coefficient (Wildman–Crippen LogP) is -1.24. The number of hydrogen-bond acceptors (Lipinski definition) is 3.